The predicted molar refractivity (Wildman–Crippen MR) is 102 cm³/mol. The maximum absolute atomic E-state index is 13.0. The van der Waals surface area contributed by atoms with Gasteiger partial charge < -0.3 is 15.0 Å². The van der Waals surface area contributed by atoms with Gasteiger partial charge in [0.05, 0.1) is 25.0 Å². The summed E-state index contributed by atoms with van der Waals surface area (Å²) >= 11 is 0. The molecule has 5 nitrogen and oxygen atoms in total. The summed E-state index contributed by atoms with van der Waals surface area (Å²) < 4.78 is 6.11. The molecular formula is C21H21N3O2. The number of benzene rings is 2. The van der Waals surface area contributed by atoms with Crippen LogP contribution in [0.4, 0.5) is 10.5 Å². The standard InChI is InChI=1S/C21H21N3O2/c1-21(2)14-24(13-16-8-4-6-10-19(16)26-21)20(25)23-18-12-22-11-15-7-3-5-9-17(15)18/h3-12H,13-14H2,1-2H3,(H,23,25). The number of hydrogen-bond donors (Lipinski definition) is 1. The number of pyridine rings is 1. The van der Waals surface area contributed by atoms with E-state index >= 15 is 0 Å². The third-order valence-corrected chi connectivity index (χ3v) is 4.49. The molecule has 0 unspecified atom stereocenters. The maximum Gasteiger partial charge on any atom is 0.322 e. The number of aromatic nitrogens is 1. The number of urea groups is 1. The number of carbonyl (C=O) groups excluding carboxylic acids is 1. The molecule has 1 aliphatic heterocycles. The van der Waals surface area contributed by atoms with Gasteiger partial charge in [-0.3, -0.25) is 4.98 Å². The highest BCUT2D eigenvalue weighted by Gasteiger charge is 2.31. The molecule has 2 heterocycles. The lowest BCUT2D eigenvalue weighted by molar-refractivity contribution is 0.0835. The van der Waals surface area contributed by atoms with E-state index in [0.29, 0.717) is 18.8 Å². The first kappa shape index (κ1) is 16.4. The summed E-state index contributed by atoms with van der Waals surface area (Å²) in [5, 5.41) is 4.99. The lowest BCUT2D eigenvalue weighted by Crippen LogP contribution is -2.44. The van der Waals surface area contributed by atoms with E-state index in [2.05, 4.69) is 10.3 Å². The molecule has 1 aromatic heterocycles. The zero-order valence-electron chi connectivity index (χ0n) is 14.9. The Balaban J connectivity index is 1.63. The topological polar surface area (TPSA) is 54.5 Å². The van der Waals surface area contributed by atoms with Gasteiger partial charge in [0.2, 0.25) is 0 Å². The van der Waals surface area contributed by atoms with Crippen molar-refractivity contribution in [3.8, 4) is 5.75 Å². The van der Waals surface area contributed by atoms with Crippen LogP contribution in [0.1, 0.15) is 19.4 Å². The number of anilines is 1. The summed E-state index contributed by atoms with van der Waals surface area (Å²) in [6, 6.07) is 15.6. The van der Waals surface area contributed by atoms with Crippen LogP contribution in [0.15, 0.2) is 60.9 Å². The first-order valence-corrected chi connectivity index (χ1v) is 8.67. The molecule has 0 saturated carbocycles. The Morgan fingerprint density at radius 3 is 2.77 bits per heavy atom. The van der Waals surface area contributed by atoms with Crippen LogP contribution < -0.4 is 10.1 Å². The highest BCUT2D eigenvalue weighted by Crippen LogP contribution is 2.30. The first-order chi connectivity index (χ1) is 12.5. The molecule has 2 amide bonds. The first-order valence-electron chi connectivity index (χ1n) is 8.67. The van der Waals surface area contributed by atoms with Crippen molar-refractivity contribution >= 4 is 22.5 Å². The van der Waals surface area contributed by atoms with Crippen molar-refractivity contribution in [2.45, 2.75) is 26.0 Å². The molecule has 0 atom stereocenters. The Hall–Kier alpha value is -3.08. The number of nitrogens with zero attached hydrogens (tertiary/aromatic N) is 2. The highest BCUT2D eigenvalue weighted by molar-refractivity contribution is 6.00. The Bertz CT molecular complexity index is 963. The molecule has 1 aliphatic rings. The van der Waals surface area contributed by atoms with E-state index in [1.54, 1.807) is 17.3 Å². The van der Waals surface area contributed by atoms with Crippen molar-refractivity contribution in [1.29, 1.82) is 0 Å². The number of carbonyl (C=O) groups is 1. The molecule has 0 spiro atoms. The van der Waals surface area contributed by atoms with Gasteiger partial charge in [0.25, 0.3) is 0 Å². The minimum atomic E-state index is -0.471. The van der Waals surface area contributed by atoms with Gasteiger partial charge in [0.15, 0.2) is 0 Å². The maximum atomic E-state index is 13.0. The molecule has 3 aromatic rings. The van der Waals surface area contributed by atoms with Crippen molar-refractivity contribution in [3.05, 3.63) is 66.5 Å². The molecule has 0 bridgehead atoms. The van der Waals surface area contributed by atoms with Gasteiger partial charge in [-0.05, 0) is 19.9 Å². The van der Waals surface area contributed by atoms with E-state index in [9.17, 15) is 4.79 Å². The van der Waals surface area contributed by atoms with Crippen molar-refractivity contribution in [2.75, 3.05) is 11.9 Å². The van der Waals surface area contributed by atoms with E-state index in [1.165, 1.54) is 0 Å². The Morgan fingerprint density at radius 1 is 1.12 bits per heavy atom. The molecule has 0 radical (unpaired) electrons. The third-order valence-electron chi connectivity index (χ3n) is 4.49. The molecular weight excluding hydrogens is 326 g/mol. The predicted octanol–water partition coefficient (Wildman–Crippen LogP) is 4.44. The van der Waals surface area contributed by atoms with Crippen molar-refractivity contribution < 1.29 is 9.53 Å². The van der Waals surface area contributed by atoms with Gasteiger partial charge in [0.1, 0.15) is 11.4 Å². The second kappa shape index (κ2) is 6.33. The minimum absolute atomic E-state index is 0.156. The Kier molecular flexibility index (Phi) is 3.99. The van der Waals surface area contributed by atoms with Crippen molar-refractivity contribution in [1.82, 2.24) is 9.88 Å². The SMILES string of the molecule is CC1(C)CN(C(=O)Nc2cncc3ccccc23)Cc2ccccc2O1. The van der Waals surface area contributed by atoms with Gasteiger partial charge in [-0.1, -0.05) is 42.5 Å². The van der Waals surface area contributed by atoms with Gasteiger partial charge in [-0.25, -0.2) is 4.79 Å². The van der Waals surface area contributed by atoms with Gasteiger partial charge in [-0.15, -0.1) is 0 Å². The fourth-order valence-corrected chi connectivity index (χ4v) is 3.34. The van der Waals surface area contributed by atoms with Gasteiger partial charge >= 0.3 is 6.03 Å². The second-order valence-electron chi connectivity index (χ2n) is 7.16. The molecule has 0 fully saturated rings. The quantitative estimate of drug-likeness (QED) is 0.708. The minimum Gasteiger partial charge on any atom is -0.486 e. The number of amides is 2. The zero-order chi connectivity index (χ0) is 18.1. The molecule has 0 saturated heterocycles. The van der Waals surface area contributed by atoms with E-state index in [0.717, 1.165) is 22.1 Å². The van der Waals surface area contributed by atoms with Crippen LogP contribution >= 0.6 is 0 Å². The zero-order valence-corrected chi connectivity index (χ0v) is 14.9. The monoisotopic (exact) mass is 347 g/mol. The smallest absolute Gasteiger partial charge is 0.322 e. The van der Waals surface area contributed by atoms with Crippen LogP contribution in [-0.2, 0) is 6.54 Å². The summed E-state index contributed by atoms with van der Waals surface area (Å²) in [6.07, 6.45) is 3.48. The number of para-hydroxylation sites is 1. The molecule has 2 aromatic carbocycles. The average molecular weight is 347 g/mol. The van der Waals surface area contributed by atoms with E-state index in [4.69, 9.17) is 4.74 Å². The van der Waals surface area contributed by atoms with Crippen LogP contribution in [0.3, 0.4) is 0 Å². The molecule has 4 rings (SSSR count). The fraction of sp³-hybridized carbons (Fsp3) is 0.238. The molecule has 5 heteroatoms. The van der Waals surface area contributed by atoms with Crippen LogP contribution in [0.25, 0.3) is 10.8 Å². The Labute approximate surface area is 152 Å². The van der Waals surface area contributed by atoms with Crippen LogP contribution in [0, 0.1) is 0 Å². The summed E-state index contributed by atoms with van der Waals surface area (Å²) in [5.74, 6) is 0.833. The van der Waals surface area contributed by atoms with Crippen LogP contribution in [0.5, 0.6) is 5.75 Å². The molecule has 1 N–H and O–H groups in total. The fourth-order valence-electron chi connectivity index (χ4n) is 3.34. The summed E-state index contributed by atoms with van der Waals surface area (Å²) in [7, 11) is 0. The number of nitrogens with one attached hydrogen (secondary N) is 1. The molecule has 26 heavy (non-hydrogen) atoms. The third kappa shape index (κ3) is 3.20. The van der Waals surface area contributed by atoms with Gasteiger partial charge in [-0.2, -0.15) is 0 Å². The van der Waals surface area contributed by atoms with Crippen molar-refractivity contribution in [2.24, 2.45) is 0 Å². The summed E-state index contributed by atoms with van der Waals surface area (Å²) in [6.45, 7) is 4.99. The summed E-state index contributed by atoms with van der Waals surface area (Å²) in [4.78, 5) is 19.0. The average Bonchev–Trinajstić information content (AvgIpc) is 2.76. The number of ether oxygens (including phenoxy) is 1. The highest BCUT2D eigenvalue weighted by atomic mass is 16.5. The number of hydrogen-bond acceptors (Lipinski definition) is 3. The normalized spacial score (nSPS) is 15.7. The molecule has 132 valence electrons. The molecule has 0 aliphatic carbocycles. The number of fused-ring (bicyclic) bond motifs is 2. The lowest BCUT2D eigenvalue weighted by atomic mass is 10.1. The lowest BCUT2D eigenvalue weighted by Gasteiger charge is -2.29. The van der Waals surface area contributed by atoms with Crippen LogP contribution in [0.2, 0.25) is 0 Å². The largest absolute Gasteiger partial charge is 0.486 e. The van der Waals surface area contributed by atoms with E-state index in [1.807, 2.05) is 62.4 Å². The van der Waals surface area contributed by atoms with E-state index in [-0.39, 0.29) is 6.03 Å². The van der Waals surface area contributed by atoms with Crippen molar-refractivity contribution in [3.63, 3.8) is 0 Å². The van der Waals surface area contributed by atoms with E-state index < -0.39 is 5.60 Å². The second-order valence-corrected chi connectivity index (χ2v) is 7.16. The van der Waals surface area contributed by atoms with Crippen LogP contribution in [-0.4, -0.2) is 28.1 Å². The summed E-state index contributed by atoms with van der Waals surface area (Å²) in [5.41, 5.74) is 1.25. The Morgan fingerprint density at radius 2 is 1.88 bits per heavy atom. The number of rotatable bonds is 1. The van der Waals surface area contributed by atoms with Gasteiger partial charge in [0, 0.05) is 22.5 Å².